The first kappa shape index (κ1) is 19.6. The van der Waals surface area contributed by atoms with Crippen LogP contribution in [0.15, 0.2) is 0 Å². The normalized spacial score (nSPS) is 12.0. The third-order valence-electron chi connectivity index (χ3n) is 2.95. The molecule has 0 unspecified atom stereocenters. The van der Waals surface area contributed by atoms with E-state index in [1.807, 2.05) is 0 Å². The van der Waals surface area contributed by atoms with Gasteiger partial charge < -0.3 is 0 Å². The zero-order valence-corrected chi connectivity index (χ0v) is 14.0. The Morgan fingerprint density at radius 3 is 1.63 bits per heavy atom. The van der Waals surface area contributed by atoms with Crippen LogP contribution in [0.2, 0.25) is 0 Å². The van der Waals surface area contributed by atoms with Gasteiger partial charge in [0.05, 0.1) is 6.42 Å². The van der Waals surface area contributed by atoms with Crippen LogP contribution in [-0.4, -0.2) is 23.0 Å². The molecule has 0 atom stereocenters. The largest absolute Gasteiger partial charge is 0.389 e. The smallest absolute Gasteiger partial charge is 0.171 e. The molecule has 0 aromatic rings. The Morgan fingerprint density at radius 1 is 0.684 bits per heavy atom. The van der Waals surface area contributed by atoms with E-state index >= 15 is 0 Å². The molecule has 0 saturated carbocycles. The molecule has 0 aromatic heterocycles. The minimum absolute atomic E-state index is 0.219. The van der Waals surface area contributed by atoms with Crippen LogP contribution in [0.1, 0.15) is 64.2 Å². The minimum Gasteiger partial charge on any atom is -0.171 e. The van der Waals surface area contributed by atoms with Gasteiger partial charge in [0, 0.05) is 11.1 Å². The molecule has 5 heteroatoms. The fourth-order valence-corrected chi connectivity index (χ4v) is 3.21. The molecule has 0 radical (unpaired) electrons. The zero-order chi connectivity index (χ0) is 14.4. The van der Waals surface area contributed by atoms with Gasteiger partial charge in [-0.05, 0) is 18.6 Å². The molecular weight excluding hydrogens is 337 g/mol. The Bertz CT molecular complexity index is 186. The van der Waals surface area contributed by atoms with Crippen molar-refractivity contribution in [2.75, 3.05) is 16.8 Å². The van der Waals surface area contributed by atoms with Crippen molar-refractivity contribution in [2.45, 2.75) is 70.4 Å². The molecule has 0 bridgehead atoms. The Hall–Kier alpha value is 0.620. The molecule has 0 spiro atoms. The molecule has 0 fully saturated rings. The molecule has 0 aromatic carbocycles. The molecule has 0 aliphatic heterocycles. The molecule has 0 amide bonds. The average molecular weight is 363 g/mol. The summed E-state index contributed by atoms with van der Waals surface area (Å²) in [6, 6.07) is 0. The van der Waals surface area contributed by atoms with Crippen molar-refractivity contribution in [3.63, 3.8) is 0 Å². The van der Waals surface area contributed by atoms with E-state index in [1.54, 1.807) is 0 Å². The van der Waals surface area contributed by atoms with Crippen LogP contribution in [0.4, 0.5) is 13.2 Å². The predicted octanol–water partition coefficient (Wildman–Crippen LogP) is 6.58. The van der Waals surface area contributed by atoms with E-state index in [9.17, 15) is 13.2 Å². The lowest BCUT2D eigenvalue weighted by Gasteiger charge is -2.05. The van der Waals surface area contributed by atoms with Gasteiger partial charge in [-0.2, -0.15) is 24.9 Å². The third kappa shape index (κ3) is 18.6. The molecule has 116 valence electrons. The molecule has 0 rings (SSSR count). The van der Waals surface area contributed by atoms with Crippen molar-refractivity contribution in [1.82, 2.24) is 0 Å². The number of rotatable bonds is 13. The average Bonchev–Trinajstić information content (AvgIpc) is 2.34. The fraction of sp³-hybridized carbons (Fsp3) is 1.00. The van der Waals surface area contributed by atoms with E-state index in [0.717, 1.165) is 17.5 Å². The van der Waals surface area contributed by atoms with Crippen LogP contribution in [0, 0.1) is 0 Å². The predicted molar refractivity (Wildman–Crippen MR) is 83.3 cm³/mol. The third-order valence-corrected chi connectivity index (χ3v) is 4.58. The van der Waals surface area contributed by atoms with Crippen molar-refractivity contribution in [1.29, 1.82) is 0 Å². The van der Waals surface area contributed by atoms with Gasteiger partial charge >= 0.3 is 6.18 Å². The van der Waals surface area contributed by atoms with Crippen LogP contribution < -0.4 is 0 Å². The second kappa shape index (κ2) is 13.6. The lowest BCUT2D eigenvalue weighted by atomic mass is 10.1. The molecule has 0 N–H and O–H groups in total. The van der Waals surface area contributed by atoms with Gasteiger partial charge in [-0.1, -0.05) is 60.9 Å². The number of halogens is 4. The van der Waals surface area contributed by atoms with Gasteiger partial charge in [0.2, 0.25) is 0 Å². The molecule has 0 aliphatic rings. The molecule has 19 heavy (non-hydrogen) atoms. The molecule has 0 saturated heterocycles. The number of hydrogen-bond acceptors (Lipinski definition) is 1. The highest BCUT2D eigenvalue weighted by Gasteiger charge is 2.25. The van der Waals surface area contributed by atoms with Crippen molar-refractivity contribution >= 4 is 27.7 Å². The summed E-state index contributed by atoms with van der Waals surface area (Å²) in [5, 5.41) is 1.11. The van der Waals surface area contributed by atoms with Gasteiger partial charge in [-0.3, -0.25) is 0 Å². The maximum Gasteiger partial charge on any atom is 0.389 e. The topological polar surface area (TPSA) is 0 Å². The summed E-state index contributed by atoms with van der Waals surface area (Å²) < 4.78 is 35.6. The van der Waals surface area contributed by atoms with Gasteiger partial charge in [0.1, 0.15) is 0 Å². The van der Waals surface area contributed by atoms with Gasteiger partial charge in [0.15, 0.2) is 0 Å². The van der Waals surface area contributed by atoms with E-state index in [2.05, 4.69) is 15.9 Å². The SMILES string of the molecule is FC(F)(F)CCSCCCCCCCCCCCBr. The maximum absolute atomic E-state index is 11.9. The van der Waals surface area contributed by atoms with Crippen molar-refractivity contribution in [2.24, 2.45) is 0 Å². The van der Waals surface area contributed by atoms with E-state index in [1.165, 1.54) is 63.1 Å². The lowest BCUT2D eigenvalue weighted by Crippen LogP contribution is -2.08. The summed E-state index contributed by atoms with van der Waals surface area (Å²) in [6.45, 7) is 0. The van der Waals surface area contributed by atoms with Crippen molar-refractivity contribution in [3.05, 3.63) is 0 Å². The molecule has 0 aliphatic carbocycles. The van der Waals surface area contributed by atoms with Gasteiger partial charge in [-0.15, -0.1) is 0 Å². The van der Waals surface area contributed by atoms with Crippen LogP contribution in [0.3, 0.4) is 0 Å². The van der Waals surface area contributed by atoms with E-state index in [0.29, 0.717) is 0 Å². The second-order valence-corrected chi connectivity index (χ2v) is 6.87. The summed E-state index contributed by atoms with van der Waals surface area (Å²) >= 11 is 4.86. The van der Waals surface area contributed by atoms with Gasteiger partial charge in [-0.25, -0.2) is 0 Å². The summed E-state index contributed by atoms with van der Waals surface area (Å²) in [7, 11) is 0. The Kier molecular flexibility index (Phi) is 14.0. The first-order valence-electron chi connectivity index (χ1n) is 7.27. The fourth-order valence-electron chi connectivity index (χ4n) is 1.83. The number of hydrogen-bond donors (Lipinski definition) is 0. The maximum atomic E-state index is 11.9. The first-order chi connectivity index (χ1) is 9.06. The van der Waals surface area contributed by atoms with Crippen LogP contribution >= 0.6 is 27.7 Å². The highest BCUT2D eigenvalue weighted by Crippen LogP contribution is 2.22. The Labute approximate surface area is 128 Å². The van der Waals surface area contributed by atoms with Gasteiger partial charge in [0.25, 0.3) is 0 Å². The quantitative estimate of drug-likeness (QED) is 0.263. The van der Waals surface area contributed by atoms with Crippen molar-refractivity contribution < 1.29 is 13.2 Å². The molecule has 0 heterocycles. The van der Waals surface area contributed by atoms with Crippen molar-refractivity contribution in [3.8, 4) is 0 Å². The molecular formula is C14H26BrF3S. The monoisotopic (exact) mass is 362 g/mol. The van der Waals surface area contributed by atoms with E-state index < -0.39 is 12.6 Å². The van der Waals surface area contributed by atoms with Crippen LogP contribution in [0.25, 0.3) is 0 Å². The summed E-state index contributed by atoms with van der Waals surface area (Å²) in [4.78, 5) is 0. The minimum atomic E-state index is -3.98. The summed E-state index contributed by atoms with van der Waals surface area (Å²) in [6.07, 6.45) is 6.67. The molecule has 0 nitrogen and oxygen atoms in total. The highest BCUT2D eigenvalue weighted by molar-refractivity contribution is 9.09. The Balaban J connectivity index is 2.99. The zero-order valence-electron chi connectivity index (χ0n) is 11.6. The summed E-state index contributed by atoms with van der Waals surface area (Å²) in [5.41, 5.74) is 0. The second-order valence-electron chi connectivity index (χ2n) is 4.85. The number of thioether (sulfide) groups is 1. The lowest BCUT2D eigenvalue weighted by molar-refractivity contribution is -0.129. The highest BCUT2D eigenvalue weighted by atomic mass is 79.9. The number of unbranched alkanes of at least 4 members (excludes halogenated alkanes) is 8. The van der Waals surface area contributed by atoms with E-state index in [4.69, 9.17) is 0 Å². The van der Waals surface area contributed by atoms with E-state index in [-0.39, 0.29) is 5.75 Å². The van der Waals surface area contributed by atoms with Crippen LogP contribution in [-0.2, 0) is 0 Å². The summed E-state index contributed by atoms with van der Waals surface area (Å²) in [5.74, 6) is 1.10. The standard InChI is InChI=1S/C14H26BrF3S/c15-11-8-6-4-2-1-3-5-7-9-12-19-13-10-14(16,17)18/h1-13H2. The first-order valence-corrected chi connectivity index (χ1v) is 9.54. The number of alkyl halides is 4. The Morgan fingerprint density at radius 2 is 1.16 bits per heavy atom. The van der Waals surface area contributed by atoms with Crippen LogP contribution in [0.5, 0.6) is 0 Å².